The van der Waals surface area contributed by atoms with Crippen molar-refractivity contribution in [3.05, 3.63) is 65.5 Å². The third kappa shape index (κ3) is 3.68. The zero-order chi connectivity index (χ0) is 18.7. The smallest absolute Gasteiger partial charge is 0.247 e. The lowest BCUT2D eigenvalue weighted by atomic mass is 9.74. The molecule has 0 spiro atoms. The van der Waals surface area contributed by atoms with Gasteiger partial charge in [0.2, 0.25) is 5.95 Å². The van der Waals surface area contributed by atoms with E-state index in [0.717, 1.165) is 24.1 Å². The van der Waals surface area contributed by atoms with Crippen molar-refractivity contribution in [2.45, 2.75) is 25.2 Å². The summed E-state index contributed by atoms with van der Waals surface area (Å²) in [6, 6.07) is 14.8. The minimum Gasteiger partial charge on any atom is -0.381 e. The lowest BCUT2D eigenvalue weighted by Gasteiger charge is -2.38. The fourth-order valence-corrected chi connectivity index (χ4v) is 3.54. The van der Waals surface area contributed by atoms with Crippen molar-refractivity contribution < 1.29 is 9.13 Å². The number of aryl methyl sites for hydroxylation is 1. The zero-order valence-corrected chi connectivity index (χ0v) is 15.2. The van der Waals surface area contributed by atoms with E-state index in [9.17, 15) is 4.39 Å². The summed E-state index contributed by atoms with van der Waals surface area (Å²) in [6.07, 6.45) is 1.72. The standard InChI is InChI=1S/C20H22FN5O/c1-15-2-8-18(9-3-15)26-19(23-24-25-26)22-14-20(10-12-27-13-11-20)16-4-6-17(21)7-5-16/h2-9H,10-14H2,1H3,(H,22,23,25). The number of nitrogens with zero attached hydrogens (tertiary/aromatic N) is 4. The van der Waals surface area contributed by atoms with Gasteiger partial charge in [-0.1, -0.05) is 34.9 Å². The predicted octanol–water partition coefficient (Wildman–Crippen LogP) is 3.27. The van der Waals surface area contributed by atoms with Crippen molar-refractivity contribution in [1.29, 1.82) is 0 Å². The van der Waals surface area contributed by atoms with E-state index in [0.29, 0.717) is 25.7 Å². The maximum Gasteiger partial charge on any atom is 0.247 e. The maximum atomic E-state index is 13.4. The molecule has 1 fully saturated rings. The van der Waals surface area contributed by atoms with Crippen molar-refractivity contribution in [2.75, 3.05) is 25.1 Å². The minimum absolute atomic E-state index is 0.143. The summed E-state index contributed by atoms with van der Waals surface area (Å²) in [5.41, 5.74) is 3.04. The second-order valence-corrected chi connectivity index (χ2v) is 7.00. The summed E-state index contributed by atoms with van der Waals surface area (Å²) in [5, 5.41) is 15.5. The van der Waals surface area contributed by atoms with E-state index in [-0.39, 0.29) is 11.2 Å². The minimum atomic E-state index is -0.225. The van der Waals surface area contributed by atoms with Gasteiger partial charge in [0.1, 0.15) is 5.82 Å². The zero-order valence-electron chi connectivity index (χ0n) is 15.2. The molecule has 0 radical (unpaired) electrons. The summed E-state index contributed by atoms with van der Waals surface area (Å²) in [5.74, 6) is 0.365. The summed E-state index contributed by atoms with van der Waals surface area (Å²) in [4.78, 5) is 0. The number of aromatic nitrogens is 4. The van der Waals surface area contributed by atoms with Crippen LogP contribution < -0.4 is 5.32 Å². The Morgan fingerprint density at radius 3 is 2.48 bits per heavy atom. The normalized spacial score (nSPS) is 16.2. The Morgan fingerprint density at radius 2 is 1.78 bits per heavy atom. The highest BCUT2D eigenvalue weighted by Gasteiger charge is 2.35. The number of tetrazole rings is 1. The van der Waals surface area contributed by atoms with Crippen molar-refractivity contribution in [3.63, 3.8) is 0 Å². The number of hydrogen-bond acceptors (Lipinski definition) is 5. The van der Waals surface area contributed by atoms with Crippen molar-refractivity contribution in [2.24, 2.45) is 0 Å². The van der Waals surface area contributed by atoms with Gasteiger partial charge in [-0.2, -0.15) is 4.68 Å². The molecule has 1 saturated heterocycles. The number of ether oxygens (including phenoxy) is 1. The van der Waals surface area contributed by atoms with Gasteiger partial charge in [-0.3, -0.25) is 0 Å². The first-order valence-electron chi connectivity index (χ1n) is 9.09. The maximum absolute atomic E-state index is 13.4. The van der Waals surface area contributed by atoms with Gasteiger partial charge in [-0.05, 0) is 60.0 Å². The van der Waals surface area contributed by atoms with Crippen LogP contribution in [0.25, 0.3) is 5.69 Å². The van der Waals surface area contributed by atoms with Gasteiger partial charge in [0.25, 0.3) is 0 Å². The average Bonchev–Trinajstić information content (AvgIpc) is 3.17. The van der Waals surface area contributed by atoms with Crippen LogP contribution in [0.2, 0.25) is 0 Å². The van der Waals surface area contributed by atoms with Crippen LogP contribution in [0.3, 0.4) is 0 Å². The van der Waals surface area contributed by atoms with Crippen LogP contribution in [0.4, 0.5) is 10.3 Å². The van der Waals surface area contributed by atoms with Crippen LogP contribution in [-0.2, 0) is 10.2 Å². The van der Waals surface area contributed by atoms with Gasteiger partial charge in [0.15, 0.2) is 0 Å². The van der Waals surface area contributed by atoms with Gasteiger partial charge >= 0.3 is 0 Å². The molecule has 0 bridgehead atoms. The number of hydrogen-bond donors (Lipinski definition) is 1. The fraction of sp³-hybridized carbons (Fsp3) is 0.350. The van der Waals surface area contributed by atoms with Gasteiger partial charge in [0.05, 0.1) is 5.69 Å². The Morgan fingerprint density at radius 1 is 1.07 bits per heavy atom. The molecule has 27 heavy (non-hydrogen) atoms. The van der Waals surface area contributed by atoms with E-state index in [1.807, 2.05) is 43.3 Å². The predicted molar refractivity (Wildman–Crippen MR) is 101 cm³/mol. The summed E-state index contributed by atoms with van der Waals surface area (Å²) in [6.45, 7) is 4.05. The SMILES string of the molecule is Cc1ccc(-n2nnnc2NCC2(c3ccc(F)cc3)CCOCC2)cc1. The summed E-state index contributed by atoms with van der Waals surface area (Å²) < 4.78 is 20.6. The molecule has 0 atom stereocenters. The van der Waals surface area contributed by atoms with Crippen LogP contribution in [0.1, 0.15) is 24.0 Å². The Labute approximate surface area is 157 Å². The first-order chi connectivity index (χ1) is 13.2. The molecule has 3 aromatic rings. The van der Waals surface area contributed by atoms with Crippen LogP contribution >= 0.6 is 0 Å². The van der Waals surface area contributed by atoms with E-state index in [2.05, 4.69) is 20.8 Å². The van der Waals surface area contributed by atoms with Crippen molar-refractivity contribution >= 4 is 5.95 Å². The van der Waals surface area contributed by atoms with Crippen molar-refractivity contribution in [3.8, 4) is 5.69 Å². The average molecular weight is 367 g/mol. The monoisotopic (exact) mass is 367 g/mol. The highest BCUT2D eigenvalue weighted by molar-refractivity contribution is 5.41. The quantitative estimate of drug-likeness (QED) is 0.750. The second-order valence-electron chi connectivity index (χ2n) is 7.00. The molecule has 2 heterocycles. The number of anilines is 1. The Balaban J connectivity index is 1.58. The third-order valence-corrected chi connectivity index (χ3v) is 5.24. The molecular formula is C20H22FN5O. The van der Waals surface area contributed by atoms with E-state index >= 15 is 0 Å². The lowest BCUT2D eigenvalue weighted by Crippen LogP contribution is -2.40. The molecule has 1 aliphatic rings. The van der Waals surface area contributed by atoms with Gasteiger partial charge in [-0.15, -0.1) is 0 Å². The molecule has 6 nitrogen and oxygen atoms in total. The molecule has 0 amide bonds. The van der Waals surface area contributed by atoms with E-state index < -0.39 is 0 Å². The largest absolute Gasteiger partial charge is 0.381 e. The molecule has 4 rings (SSSR count). The molecule has 0 unspecified atom stereocenters. The van der Waals surface area contributed by atoms with Crippen LogP contribution in [0.15, 0.2) is 48.5 Å². The molecule has 1 aromatic heterocycles. The number of benzene rings is 2. The first-order valence-corrected chi connectivity index (χ1v) is 9.09. The highest BCUT2D eigenvalue weighted by atomic mass is 19.1. The Kier molecular flexibility index (Phi) is 4.85. The number of rotatable bonds is 5. The molecule has 0 aliphatic carbocycles. The molecule has 1 aliphatic heterocycles. The fourth-order valence-electron chi connectivity index (χ4n) is 3.54. The van der Waals surface area contributed by atoms with Crippen LogP contribution in [-0.4, -0.2) is 40.0 Å². The second kappa shape index (κ2) is 7.44. The van der Waals surface area contributed by atoms with Crippen molar-refractivity contribution in [1.82, 2.24) is 20.2 Å². The lowest BCUT2D eigenvalue weighted by molar-refractivity contribution is 0.0543. The highest BCUT2D eigenvalue weighted by Crippen LogP contribution is 2.35. The number of nitrogens with one attached hydrogen (secondary N) is 1. The van der Waals surface area contributed by atoms with Crippen LogP contribution in [0.5, 0.6) is 0 Å². The molecule has 2 aromatic carbocycles. The van der Waals surface area contributed by atoms with Gasteiger partial charge in [-0.25, -0.2) is 4.39 Å². The number of halogens is 1. The van der Waals surface area contributed by atoms with E-state index in [4.69, 9.17) is 4.74 Å². The third-order valence-electron chi connectivity index (χ3n) is 5.24. The molecule has 140 valence electrons. The summed E-state index contributed by atoms with van der Waals surface area (Å²) in [7, 11) is 0. The van der Waals surface area contributed by atoms with Crippen LogP contribution in [0, 0.1) is 12.7 Å². The molecule has 1 N–H and O–H groups in total. The topological polar surface area (TPSA) is 64.9 Å². The molecular weight excluding hydrogens is 345 g/mol. The first kappa shape index (κ1) is 17.6. The molecule has 0 saturated carbocycles. The van der Waals surface area contributed by atoms with E-state index in [1.54, 1.807) is 4.68 Å². The molecule has 7 heteroatoms. The van der Waals surface area contributed by atoms with Gasteiger partial charge < -0.3 is 10.1 Å². The van der Waals surface area contributed by atoms with Gasteiger partial charge in [0, 0.05) is 25.2 Å². The van der Waals surface area contributed by atoms with E-state index in [1.165, 1.54) is 17.7 Å². The summed E-state index contributed by atoms with van der Waals surface area (Å²) >= 11 is 0. The Bertz CT molecular complexity index is 885. The Hall–Kier alpha value is -2.80.